The molecule has 0 bridgehead atoms. The maximum absolute atomic E-state index is 13.8. The second-order valence-corrected chi connectivity index (χ2v) is 6.24. The highest BCUT2D eigenvalue weighted by Gasteiger charge is 2.16. The van der Waals surface area contributed by atoms with E-state index in [9.17, 15) is 8.78 Å². The fraction of sp³-hybridized carbons (Fsp3) is 0.444. The normalized spacial score (nSPS) is 13.1. The zero-order chi connectivity index (χ0) is 19.1. The van der Waals surface area contributed by atoms with Crippen molar-refractivity contribution in [1.82, 2.24) is 25.3 Å². The third-order valence-corrected chi connectivity index (χ3v) is 3.96. The summed E-state index contributed by atoms with van der Waals surface area (Å²) < 4.78 is 28.8. The summed E-state index contributed by atoms with van der Waals surface area (Å²) in [5.41, 5.74) is 1.30. The smallest absolute Gasteiger partial charge is 0.191 e. The summed E-state index contributed by atoms with van der Waals surface area (Å²) in [6.07, 6.45) is 3.80. The number of halogens is 2. The van der Waals surface area contributed by atoms with Gasteiger partial charge in [-0.15, -0.1) is 0 Å². The van der Waals surface area contributed by atoms with Gasteiger partial charge in [-0.25, -0.2) is 13.8 Å². The van der Waals surface area contributed by atoms with E-state index in [1.807, 2.05) is 40.5 Å². The van der Waals surface area contributed by atoms with Gasteiger partial charge in [0, 0.05) is 37.5 Å². The molecule has 0 amide bonds. The third-order valence-electron chi connectivity index (χ3n) is 3.96. The average Bonchev–Trinajstić information content (AvgIpc) is 3.01. The molecule has 1 unspecified atom stereocenters. The van der Waals surface area contributed by atoms with E-state index >= 15 is 0 Å². The molecule has 8 heteroatoms. The van der Waals surface area contributed by atoms with Gasteiger partial charge in [0.15, 0.2) is 5.96 Å². The first-order chi connectivity index (χ1) is 12.4. The van der Waals surface area contributed by atoms with Crippen molar-refractivity contribution in [2.24, 2.45) is 12.0 Å². The second-order valence-electron chi connectivity index (χ2n) is 6.24. The Morgan fingerprint density at radius 1 is 1.31 bits per heavy atom. The molecule has 0 aliphatic heterocycles. The van der Waals surface area contributed by atoms with Gasteiger partial charge in [0.2, 0.25) is 0 Å². The number of nitrogens with zero attached hydrogens (tertiary/aromatic N) is 4. The van der Waals surface area contributed by atoms with E-state index in [0.29, 0.717) is 19.0 Å². The lowest BCUT2D eigenvalue weighted by Crippen LogP contribution is -2.41. The highest BCUT2D eigenvalue weighted by molar-refractivity contribution is 5.79. The van der Waals surface area contributed by atoms with E-state index in [1.54, 1.807) is 4.68 Å². The maximum Gasteiger partial charge on any atom is 0.191 e. The van der Waals surface area contributed by atoms with Crippen molar-refractivity contribution in [2.75, 3.05) is 27.2 Å². The van der Waals surface area contributed by atoms with Crippen LogP contribution >= 0.6 is 0 Å². The monoisotopic (exact) mass is 364 g/mol. The molecule has 2 rings (SSSR count). The summed E-state index contributed by atoms with van der Waals surface area (Å²) >= 11 is 0. The minimum atomic E-state index is -0.473. The van der Waals surface area contributed by atoms with Gasteiger partial charge < -0.3 is 15.5 Å². The van der Waals surface area contributed by atoms with Crippen LogP contribution in [0.4, 0.5) is 8.78 Å². The number of likely N-dealkylation sites (N-methyl/N-ethyl adjacent to an activating group) is 1. The van der Waals surface area contributed by atoms with Crippen molar-refractivity contribution < 1.29 is 8.78 Å². The molecule has 1 atom stereocenters. The number of hydrogen-bond acceptors (Lipinski definition) is 3. The van der Waals surface area contributed by atoms with Crippen LogP contribution in [-0.4, -0.2) is 47.8 Å². The Balaban J connectivity index is 2.07. The van der Waals surface area contributed by atoms with E-state index in [2.05, 4.69) is 25.6 Å². The molecule has 0 aliphatic rings. The summed E-state index contributed by atoms with van der Waals surface area (Å²) in [6, 6.07) is 3.48. The summed E-state index contributed by atoms with van der Waals surface area (Å²) in [5.74, 6) is -0.391. The SMILES string of the molecule is CCNC(=NCc1cc(F)ccc1F)NCC(c1cnn(C)c1)N(C)C. The molecule has 0 radical (unpaired) electrons. The first-order valence-corrected chi connectivity index (χ1v) is 8.51. The van der Waals surface area contributed by atoms with Crippen LogP contribution in [0.25, 0.3) is 0 Å². The number of aryl methyl sites for hydroxylation is 1. The molecule has 0 aliphatic carbocycles. The Hall–Kier alpha value is -2.48. The van der Waals surface area contributed by atoms with Gasteiger partial charge in [-0.2, -0.15) is 5.10 Å². The minimum Gasteiger partial charge on any atom is -0.357 e. The lowest BCUT2D eigenvalue weighted by Gasteiger charge is -2.24. The van der Waals surface area contributed by atoms with E-state index in [0.717, 1.165) is 17.7 Å². The van der Waals surface area contributed by atoms with Crippen molar-refractivity contribution in [2.45, 2.75) is 19.5 Å². The molecule has 0 spiro atoms. The zero-order valence-electron chi connectivity index (χ0n) is 15.6. The van der Waals surface area contributed by atoms with Crippen LogP contribution in [-0.2, 0) is 13.6 Å². The number of hydrogen-bond donors (Lipinski definition) is 2. The molecule has 26 heavy (non-hydrogen) atoms. The minimum absolute atomic E-state index is 0.0540. The van der Waals surface area contributed by atoms with Gasteiger partial charge in [-0.1, -0.05) is 0 Å². The van der Waals surface area contributed by atoms with Gasteiger partial charge in [-0.3, -0.25) is 4.68 Å². The zero-order valence-corrected chi connectivity index (χ0v) is 15.6. The summed E-state index contributed by atoms with van der Waals surface area (Å²) in [7, 11) is 5.86. The summed E-state index contributed by atoms with van der Waals surface area (Å²) in [4.78, 5) is 6.45. The van der Waals surface area contributed by atoms with Crippen LogP contribution in [0.2, 0.25) is 0 Å². The fourth-order valence-electron chi connectivity index (χ4n) is 2.57. The first-order valence-electron chi connectivity index (χ1n) is 8.51. The molecule has 6 nitrogen and oxygen atoms in total. The fourth-order valence-corrected chi connectivity index (χ4v) is 2.57. The summed E-state index contributed by atoms with van der Waals surface area (Å²) in [6.45, 7) is 3.26. The van der Waals surface area contributed by atoms with Crippen LogP contribution in [0, 0.1) is 11.6 Å². The van der Waals surface area contributed by atoms with Gasteiger partial charge in [0.05, 0.1) is 18.8 Å². The van der Waals surface area contributed by atoms with E-state index < -0.39 is 11.6 Å². The Morgan fingerprint density at radius 3 is 2.69 bits per heavy atom. The standard InChI is InChI=1S/C18H26F2N6/c1-5-21-18(22-9-13-8-15(19)6-7-16(13)20)23-11-17(25(2)3)14-10-24-26(4)12-14/h6-8,10,12,17H,5,9,11H2,1-4H3,(H2,21,22,23). The van der Waals surface area contributed by atoms with Crippen molar-refractivity contribution in [3.63, 3.8) is 0 Å². The quantitative estimate of drug-likeness (QED) is 0.583. The number of aliphatic imine (C=N–C) groups is 1. The molecule has 1 aromatic heterocycles. The Morgan fingerprint density at radius 2 is 2.08 bits per heavy atom. The van der Waals surface area contributed by atoms with Gasteiger partial charge in [0.1, 0.15) is 11.6 Å². The predicted octanol–water partition coefficient (Wildman–Crippen LogP) is 2.06. The van der Waals surface area contributed by atoms with Gasteiger partial charge in [0.25, 0.3) is 0 Å². The Labute approximate surface area is 152 Å². The van der Waals surface area contributed by atoms with Crippen LogP contribution < -0.4 is 10.6 Å². The van der Waals surface area contributed by atoms with Crippen molar-refractivity contribution in [1.29, 1.82) is 0 Å². The number of benzene rings is 1. The molecule has 142 valence electrons. The predicted molar refractivity (Wildman–Crippen MR) is 98.8 cm³/mol. The Bertz CT molecular complexity index is 741. The number of nitrogens with one attached hydrogen (secondary N) is 2. The first kappa shape index (κ1) is 19.8. The lowest BCUT2D eigenvalue weighted by atomic mass is 10.1. The highest BCUT2D eigenvalue weighted by atomic mass is 19.1. The van der Waals surface area contributed by atoms with Crippen molar-refractivity contribution in [3.05, 3.63) is 53.4 Å². The van der Waals surface area contributed by atoms with Crippen LogP contribution in [0.1, 0.15) is 24.1 Å². The number of rotatable bonds is 7. The number of guanidine groups is 1. The van der Waals surface area contributed by atoms with Crippen molar-refractivity contribution >= 4 is 5.96 Å². The molecule has 0 fully saturated rings. The Kier molecular flexibility index (Phi) is 7.08. The molecular formula is C18H26F2N6. The van der Waals surface area contributed by atoms with Gasteiger partial charge >= 0.3 is 0 Å². The molecule has 0 saturated heterocycles. The molecule has 1 aromatic carbocycles. The van der Waals surface area contributed by atoms with E-state index in [-0.39, 0.29) is 18.2 Å². The molecule has 0 saturated carbocycles. The largest absolute Gasteiger partial charge is 0.357 e. The van der Waals surface area contributed by atoms with Crippen molar-refractivity contribution in [3.8, 4) is 0 Å². The highest BCUT2D eigenvalue weighted by Crippen LogP contribution is 2.16. The van der Waals surface area contributed by atoms with Gasteiger partial charge in [-0.05, 0) is 39.2 Å². The van der Waals surface area contributed by atoms with Crippen LogP contribution in [0.5, 0.6) is 0 Å². The molecular weight excluding hydrogens is 338 g/mol. The average molecular weight is 364 g/mol. The lowest BCUT2D eigenvalue weighted by molar-refractivity contribution is 0.298. The second kappa shape index (κ2) is 9.28. The maximum atomic E-state index is 13.8. The molecule has 2 N–H and O–H groups in total. The van der Waals surface area contributed by atoms with Crippen LogP contribution in [0.3, 0.4) is 0 Å². The molecule has 2 aromatic rings. The third kappa shape index (κ3) is 5.52. The van der Waals surface area contributed by atoms with Crippen LogP contribution in [0.15, 0.2) is 35.6 Å². The van der Waals surface area contributed by atoms with E-state index in [1.165, 1.54) is 6.07 Å². The van der Waals surface area contributed by atoms with E-state index in [4.69, 9.17) is 0 Å². The topological polar surface area (TPSA) is 57.5 Å². The number of aromatic nitrogens is 2. The molecule has 1 heterocycles. The summed E-state index contributed by atoms with van der Waals surface area (Å²) in [5, 5.41) is 10.6.